The first-order chi connectivity index (χ1) is 13.1. The number of benzene rings is 1. The molecule has 146 valence electrons. The molecule has 0 aliphatic heterocycles. The first-order valence-corrected chi connectivity index (χ1v) is 7.83. The fourth-order valence-electron chi connectivity index (χ4n) is 2.66. The van der Waals surface area contributed by atoms with Crippen LogP contribution < -0.4 is 10.2 Å². The third-order valence-electron chi connectivity index (χ3n) is 3.98. The highest BCUT2D eigenvalue weighted by Gasteiger charge is 2.34. The van der Waals surface area contributed by atoms with Gasteiger partial charge in [-0.3, -0.25) is 9.48 Å². The van der Waals surface area contributed by atoms with Gasteiger partial charge in [-0.25, -0.2) is 19.1 Å². The number of urea groups is 1. The van der Waals surface area contributed by atoms with Gasteiger partial charge in [0.25, 0.3) is 0 Å². The minimum absolute atomic E-state index is 0.114. The van der Waals surface area contributed by atoms with Crippen LogP contribution in [0.2, 0.25) is 0 Å². The number of hydrogen-bond acceptors (Lipinski definition) is 4. The van der Waals surface area contributed by atoms with Gasteiger partial charge in [-0.2, -0.15) is 18.3 Å². The molecular formula is C17H13F4N5O2. The predicted molar refractivity (Wildman–Crippen MR) is 92.2 cm³/mol. The van der Waals surface area contributed by atoms with Crippen LogP contribution in [0.25, 0.3) is 11.0 Å². The van der Waals surface area contributed by atoms with Crippen molar-refractivity contribution >= 4 is 34.8 Å². The van der Waals surface area contributed by atoms with Crippen molar-refractivity contribution in [3.05, 3.63) is 47.5 Å². The van der Waals surface area contributed by atoms with Crippen LogP contribution in [-0.2, 0) is 18.0 Å². The van der Waals surface area contributed by atoms with Crippen LogP contribution in [0.15, 0.2) is 30.5 Å². The summed E-state index contributed by atoms with van der Waals surface area (Å²) in [4.78, 5) is 28.6. The number of alkyl halides is 3. The van der Waals surface area contributed by atoms with Crippen LogP contribution in [-0.4, -0.2) is 27.2 Å². The second kappa shape index (κ2) is 6.91. The number of rotatable bonds is 3. The smallest absolute Gasteiger partial charge is 0.307 e. The monoisotopic (exact) mass is 395 g/mol. The van der Waals surface area contributed by atoms with Gasteiger partial charge in [0.15, 0.2) is 5.65 Å². The number of carbonyl (C=O) groups excluding carboxylic acids is 2. The average molecular weight is 395 g/mol. The van der Waals surface area contributed by atoms with Crippen LogP contribution in [0.3, 0.4) is 0 Å². The van der Waals surface area contributed by atoms with E-state index in [2.05, 4.69) is 15.4 Å². The molecule has 0 aliphatic rings. The number of amides is 3. The van der Waals surface area contributed by atoms with Crippen molar-refractivity contribution in [3.63, 3.8) is 0 Å². The van der Waals surface area contributed by atoms with Gasteiger partial charge in [0.1, 0.15) is 5.82 Å². The van der Waals surface area contributed by atoms with E-state index in [0.717, 1.165) is 6.07 Å². The molecule has 0 bridgehead atoms. The fourth-order valence-corrected chi connectivity index (χ4v) is 2.66. The van der Waals surface area contributed by atoms with E-state index in [1.54, 1.807) is 14.0 Å². The second-order valence-corrected chi connectivity index (χ2v) is 5.87. The summed E-state index contributed by atoms with van der Waals surface area (Å²) < 4.78 is 53.0. The number of aromatic nitrogens is 3. The van der Waals surface area contributed by atoms with E-state index in [0.29, 0.717) is 33.8 Å². The molecule has 0 aliphatic carbocycles. The molecule has 3 amide bonds. The SMILES string of the molecule is Cc1nn(C)c2ncc(N(C=O)C(=O)Nc3ccc(C(F)(F)F)c(F)c3)cc12. The van der Waals surface area contributed by atoms with Crippen molar-refractivity contribution < 1.29 is 27.2 Å². The molecule has 1 aromatic carbocycles. The average Bonchev–Trinajstić information content (AvgIpc) is 2.88. The van der Waals surface area contributed by atoms with E-state index >= 15 is 0 Å². The maximum atomic E-state index is 13.6. The molecule has 3 rings (SSSR count). The molecular weight excluding hydrogens is 382 g/mol. The summed E-state index contributed by atoms with van der Waals surface area (Å²) >= 11 is 0. The minimum Gasteiger partial charge on any atom is -0.307 e. The number of imide groups is 1. The Balaban J connectivity index is 1.87. The van der Waals surface area contributed by atoms with E-state index in [1.807, 2.05) is 0 Å². The number of halogens is 4. The van der Waals surface area contributed by atoms with Crippen molar-refractivity contribution in [2.45, 2.75) is 13.1 Å². The maximum absolute atomic E-state index is 13.6. The van der Waals surface area contributed by atoms with Crippen molar-refractivity contribution in [1.82, 2.24) is 14.8 Å². The van der Waals surface area contributed by atoms with E-state index in [9.17, 15) is 27.2 Å². The van der Waals surface area contributed by atoms with Gasteiger partial charge in [0, 0.05) is 18.1 Å². The lowest BCUT2D eigenvalue weighted by molar-refractivity contribution is -0.140. The summed E-state index contributed by atoms with van der Waals surface area (Å²) in [5.41, 5.74) is -0.419. The quantitative estimate of drug-likeness (QED) is 0.543. The lowest BCUT2D eigenvalue weighted by Crippen LogP contribution is -2.33. The highest BCUT2D eigenvalue weighted by molar-refractivity contribution is 6.12. The Bertz CT molecular complexity index is 1080. The van der Waals surface area contributed by atoms with Gasteiger partial charge in [0.05, 0.1) is 23.1 Å². The lowest BCUT2D eigenvalue weighted by Gasteiger charge is -2.17. The Morgan fingerprint density at radius 2 is 2.00 bits per heavy atom. The Labute approximate surface area is 155 Å². The maximum Gasteiger partial charge on any atom is 0.419 e. The zero-order chi connectivity index (χ0) is 20.6. The number of pyridine rings is 1. The Morgan fingerprint density at radius 1 is 1.29 bits per heavy atom. The molecule has 3 aromatic rings. The van der Waals surface area contributed by atoms with Crippen LogP contribution in [0.1, 0.15) is 11.3 Å². The van der Waals surface area contributed by atoms with Gasteiger partial charge in [-0.05, 0) is 31.2 Å². The Hall–Kier alpha value is -3.50. The Kier molecular flexibility index (Phi) is 4.75. The van der Waals surface area contributed by atoms with Gasteiger partial charge in [-0.1, -0.05) is 0 Å². The van der Waals surface area contributed by atoms with Gasteiger partial charge < -0.3 is 5.32 Å². The third-order valence-corrected chi connectivity index (χ3v) is 3.98. The standard InChI is InChI=1S/C17H13F4N5O2/c1-9-12-6-11(7-22-15(12)25(2)24-9)26(8-27)16(28)23-10-3-4-13(14(18)5-10)17(19,20)21/h3-8H,1-2H3,(H,23,28). The molecule has 11 heteroatoms. The van der Waals surface area contributed by atoms with Crippen molar-refractivity contribution in [1.29, 1.82) is 0 Å². The van der Waals surface area contributed by atoms with E-state index in [4.69, 9.17) is 0 Å². The minimum atomic E-state index is -4.86. The molecule has 0 unspecified atom stereocenters. The van der Waals surface area contributed by atoms with E-state index < -0.39 is 23.6 Å². The molecule has 0 saturated carbocycles. The van der Waals surface area contributed by atoms with Crippen LogP contribution in [0.5, 0.6) is 0 Å². The summed E-state index contributed by atoms with van der Waals surface area (Å²) in [7, 11) is 1.69. The zero-order valence-electron chi connectivity index (χ0n) is 14.6. The summed E-state index contributed by atoms with van der Waals surface area (Å²) in [6, 6.07) is 2.45. The predicted octanol–water partition coefficient (Wildman–Crippen LogP) is 3.63. The van der Waals surface area contributed by atoms with E-state index in [1.165, 1.54) is 16.9 Å². The number of fused-ring (bicyclic) bond motifs is 1. The van der Waals surface area contributed by atoms with Crippen LogP contribution in [0, 0.1) is 12.7 Å². The number of nitrogens with one attached hydrogen (secondary N) is 1. The number of anilines is 2. The van der Waals surface area contributed by atoms with Crippen LogP contribution in [0.4, 0.5) is 33.7 Å². The van der Waals surface area contributed by atoms with Crippen molar-refractivity contribution in [2.75, 3.05) is 10.2 Å². The number of carbonyl (C=O) groups is 2. The highest BCUT2D eigenvalue weighted by atomic mass is 19.4. The molecule has 0 atom stereocenters. The molecule has 1 N–H and O–H groups in total. The molecule has 2 heterocycles. The Morgan fingerprint density at radius 3 is 2.61 bits per heavy atom. The number of aryl methyl sites for hydroxylation is 2. The molecule has 7 nitrogen and oxygen atoms in total. The first kappa shape index (κ1) is 19.3. The molecule has 0 fully saturated rings. The first-order valence-electron chi connectivity index (χ1n) is 7.83. The van der Waals surface area contributed by atoms with Gasteiger partial charge in [-0.15, -0.1) is 0 Å². The third kappa shape index (κ3) is 3.50. The van der Waals surface area contributed by atoms with E-state index in [-0.39, 0.29) is 17.8 Å². The highest BCUT2D eigenvalue weighted by Crippen LogP contribution is 2.32. The van der Waals surface area contributed by atoms with Gasteiger partial charge in [0.2, 0.25) is 6.41 Å². The normalized spacial score (nSPS) is 11.5. The summed E-state index contributed by atoms with van der Waals surface area (Å²) in [6.07, 6.45) is -3.38. The summed E-state index contributed by atoms with van der Waals surface area (Å²) in [6.45, 7) is 1.73. The molecule has 2 aromatic heterocycles. The number of hydrogen-bond donors (Lipinski definition) is 1. The summed E-state index contributed by atoms with van der Waals surface area (Å²) in [5, 5.41) is 6.97. The molecule has 0 spiro atoms. The second-order valence-electron chi connectivity index (χ2n) is 5.87. The number of nitrogens with zero attached hydrogens (tertiary/aromatic N) is 4. The lowest BCUT2D eigenvalue weighted by atomic mass is 10.2. The van der Waals surface area contributed by atoms with Crippen molar-refractivity contribution in [3.8, 4) is 0 Å². The van der Waals surface area contributed by atoms with Crippen molar-refractivity contribution in [2.24, 2.45) is 7.05 Å². The summed E-state index contributed by atoms with van der Waals surface area (Å²) in [5.74, 6) is -1.54. The molecule has 0 saturated heterocycles. The molecule has 28 heavy (non-hydrogen) atoms. The van der Waals surface area contributed by atoms with Gasteiger partial charge >= 0.3 is 12.2 Å². The largest absolute Gasteiger partial charge is 0.419 e. The molecule has 0 radical (unpaired) electrons. The topological polar surface area (TPSA) is 80.1 Å². The van der Waals surface area contributed by atoms with Crippen LogP contribution >= 0.6 is 0 Å². The zero-order valence-corrected chi connectivity index (χ0v) is 14.6. The fraction of sp³-hybridized carbons (Fsp3) is 0.176.